The topological polar surface area (TPSA) is 95.7 Å². The minimum absolute atomic E-state index is 0.0791. The molecular formula is C11H13N3O4. The monoisotopic (exact) mass is 251 g/mol. The van der Waals surface area contributed by atoms with Gasteiger partial charge in [-0.05, 0) is 11.8 Å². The van der Waals surface area contributed by atoms with Crippen LogP contribution < -0.4 is 5.32 Å². The Morgan fingerprint density at radius 2 is 2.22 bits per heavy atom. The van der Waals surface area contributed by atoms with E-state index in [0.29, 0.717) is 11.8 Å². The second-order valence-electron chi connectivity index (χ2n) is 4.79. The lowest BCUT2D eigenvalue weighted by molar-refractivity contribution is -0.138. The molecule has 2 heterocycles. The number of fused-ring (bicyclic) bond motifs is 1. The Labute approximate surface area is 103 Å². The lowest BCUT2D eigenvalue weighted by Crippen LogP contribution is -2.36. The van der Waals surface area contributed by atoms with Crippen molar-refractivity contribution in [2.45, 2.75) is 6.04 Å². The van der Waals surface area contributed by atoms with Gasteiger partial charge < -0.3 is 14.9 Å². The van der Waals surface area contributed by atoms with Gasteiger partial charge in [0, 0.05) is 25.2 Å². The van der Waals surface area contributed by atoms with Crippen LogP contribution in [-0.2, 0) is 4.79 Å². The number of amides is 1. The Balaban J connectivity index is 1.49. The van der Waals surface area contributed by atoms with Crippen LogP contribution in [0.4, 0.5) is 0 Å². The maximum Gasteiger partial charge on any atom is 0.317 e. The molecule has 1 aromatic rings. The van der Waals surface area contributed by atoms with Crippen LogP contribution in [0.1, 0.15) is 10.6 Å². The summed E-state index contributed by atoms with van der Waals surface area (Å²) in [4.78, 5) is 24.2. The fourth-order valence-electron chi connectivity index (χ4n) is 2.70. The Morgan fingerprint density at radius 1 is 1.50 bits per heavy atom. The second kappa shape index (κ2) is 4.09. The number of likely N-dealkylation sites (tertiary alicyclic amines) is 1. The van der Waals surface area contributed by atoms with Crippen molar-refractivity contribution in [3.05, 3.63) is 18.0 Å². The lowest BCUT2D eigenvalue weighted by atomic mass is 10.3. The second-order valence-corrected chi connectivity index (χ2v) is 4.79. The highest BCUT2D eigenvalue weighted by Gasteiger charge is 2.56. The predicted molar refractivity (Wildman–Crippen MR) is 58.8 cm³/mol. The van der Waals surface area contributed by atoms with Crippen molar-refractivity contribution >= 4 is 11.9 Å². The van der Waals surface area contributed by atoms with E-state index in [-0.39, 0.29) is 24.3 Å². The minimum Gasteiger partial charge on any atom is -0.480 e. The molecule has 18 heavy (non-hydrogen) atoms. The van der Waals surface area contributed by atoms with Gasteiger partial charge in [-0.3, -0.25) is 14.5 Å². The number of nitrogens with zero attached hydrogens (tertiary/aromatic N) is 2. The fraction of sp³-hybridized carbons (Fsp3) is 0.545. The molecule has 1 saturated carbocycles. The van der Waals surface area contributed by atoms with Gasteiger partial charge in [-0.15, -0.1) is 0 Å². The standard InChI is InChI=1S/C11H13N3O4/c15-9(16)5-14-3-6-7(4-14)10(6)13-11(17)8-1-2-12-18-8/h1-2,6-7,10H,3-5H2,(H,13,17)(H,15,16)/t6-,7+,10?. The largest absolute Gasteiger partial charge is 0.480 e. The highest BCUT2D eigenvalue weighted by Crippen LogP contribution is 2.45. The van der Waals surface area contributed by atoms with Crippen LogP contribution in [-0.4, -0.2) is 52.7 Å². The zero-order valence-corrected chi connectivity index (χ0v) is 9.57. The van der Waals surface area contributed by atoms with E-state index >= 15 is 0 Å². The van der Waals surface area contributed by atoms with Crippen LogP contribution in [0, 0.1) is 11.8 Å². The first-order valence-corrected chi connectivity index (χ1v) is 5.81. The number of aliphatic carboxylic acids is 1. The number of piperidine rings is 1. The van der Waals surface area contributed by atoms with Crippen molar-refractivity contribution in [3.8, 4) is 0 Å². The van der Waals surface area contributed by atoms with E-state index in [4.69, 9.17) is 9.63 Å². The Hall–Kier alpha value is -1.89. The molecule has 1 saturated heterocycles. The predicted octanol–water partition coefficient (Wildman–Crippen LogP) is -0.581. The number of aromatic nitrogens is 1. The number of rotatable bonds is 4. The molecule has 0 bridgehead atoms. The normalized spacial score (nSPS) is 29.9. The molecule has 2 fully saturated rings. The molecule has 0 aromatic carbocycles. The van der Waals surface area contributed by atoms with E-state index in [9.17, 15) is 9.59 Å². The Morgan fingerprint density at radius 3 is 2.78 bits per heavy atom. The van der Waals surface area contributed by atoms with E-state index < -0.39 is 5.97 Å². The number of carbonyl (C=O) groups excluding carboxylic acids is 1. The van der Waals surface area contributed by atoms with Crippen molar-refractivity contribution in [1.82, 2.24) is 15.4 Å². The van der Waals surface area contributed by atoms with Crippen molar-refractivity contribution in [2.75, 3.05) is 19.6 Å². The van der Waals surface area contributed by atoms with Gasteiger partial charge in [-0.1, -0.05) is 5.16 Å². The lowest BCUT2D eigenvalue weighted by Gasteiger charge is -2.16. The molecule has 7 nitrogen and oxygen atoms in total. The molecule has 2 aliphatic rings. The van der Waals surface area contributed by atoms with E-state index in [1.54, 1.807) is 0 Å². The maximum atomic E-state index is 11.7. The highest BCUT2D eigenvalue weighted by atomic mass is 16.5. The van der Waals surface area contributed by atoms with Gasteiger partial charge in [0.15, 0.2) is 0 Å². The van der Waals surface area contributed by atoms with Crippen LogP contribution >= 0.6 is 0 Å². The van der Waals surface area contributed by atoms with E-state index in [2.05, 4.69) is 10.5 Å². The number of carboxylic acid groups (broad SMARTS) is 1. The number of hydrogen-bond donors (Lipinski definition) is 2. The molecule has 1 aliphatic carbocycles. The minimum atomic E-state index is -0.807. The van der Waals surface area contributed by atoms with Gasteiger partial charge in [0.05, 0.1) is 12.7 Å². The quantitative estimate of drug-likeness (QED) is 0.743. The van der Waals surface area contributed by atoms with Crippen LogP contribution in [0.3, 0.4) is 0 Å². The summed E-state index contributed by atoms with van der Waals surface area (Å²) in [6, 6.07) is 1.66. The van der Waals surface area contributed by atoms with Crippen molar-refractivity contribution in [3.63, 3.8) is 0 Å². The number of carbonyl (C=O) groups is 2. The van der Waals surface area contributed by atoms with Gasteiger partial charge >= 0.3 is 5.97 Å². The van der Waals surface area contributed by atoms with Crippen LogP contribution in [0.25, 0.3) is 0 Å². The third kappa shape index (κ3) is 1.97. The average Bonchev–Trinajstić information content (AvgIpc) is 2.79. The first-order valence-electron chi connectivity index (χ1n) is 5.81. The third-order valence-corrected chi connectivity index (χ3v) is 3.59. The summed E-state index contributed by atoms with van der Waals surface area (Å²) in [5.41, 5.74) is 0. The molecule has 2 N–H and O–H groups in total. The van der Waals surface area contributed by atoms with Gasteiger partial charge in [-0.25, -0.2) is 0 Å². The van der Waals surface area contributed by atoms with Crippen LogP contribution in [0.15, 0.2) is 16.8 Å². The van der Waals surface area contributed by atoms with E-state index in [1.165, 1.54) is 12.3 Å². The van der Waals surface area contributed by atoms with Gasteiger partial charge in [-0.2, -0.15) is 0 Å². The van der Waals surface area contributed by atoms with Crippen LogP contribution in [0.5, 0.6) is 0 Å². The Kier molecular flexibility index (Phi) is 2.55. The molecule has 3 rings (SSSR count). The zero-order valence-electron chi connectivity index (χ0n) is 9.57. The highest BCUT2D eigenvalue weighted by molar-refractivity contribution is 5.91. The summed E-state index contributed by atoms with van der Waals surface area (Å²) >= 11 is 0. The fourth-order valence-corrected chi connectivity index (χ4v) is 2.70. The van der Waals surface area contributed by atoms with Crippen molar-refractivity contribution in [1.29, 1.82) is 0 Å². The van der Waals surface area contributed by atoms with Gasteiger partial charge in [0.2, 0.25) is 5.76 Å². The number of hydrogen-bond acceptors (Lipinski definition) is 5. The smallest absolute Gasteiger partial charge is 0.317 e. The van der Waals surface area contributed by atoms with Gasteiger partial charge in [0.25, 0.3) is 5.91 Å². The first-order chi connectivity index (χ1) is 8.65. The molecule has 1 amide bonds. The molecule has 1 aromatic heterocycles. The van der Waals surface area contributed by atoms with Gasteiger partial charge in [0.1, 0.15) is 0 Å². The Bertz CT molecular complexity index is 461. The molecule has 3 atom stereocenters. The van der Waals surface area contributed by atoms with Crippen molar-refractivity contribution < 1.29 is 19.2 Å². The zero-order chi connectivity index (χ0) is 12.7. The number of nitrogens with one attached hydrogen (secondary N) is 1. The molecule has 0 radical (unpaired) electrons. The third-order valence-electron chi connectivity index (χ3n) is 3.59. The van der Waals surface area contributed by atoms with Crippen LogP contribution in [0.2, 0.25) is 0 Å². The summed E-state index contributed by atoms with van der Waals surface area (Å²) in [6.07, 6.45) is 1.43. The summed E-state index contributed by atoms with van der Waals surface area (Å²) in [6.45, 7) is 1.55. The molecule has 1 aliphatic heterocycles. The SMILES string of the molecule is O=C(O)CN1C[C@@H]2C(NC(=O)c3ccno3)[C@@H]2C1. The van der Waals surface area contributed by atoms with E-state index in [0.717, 1.165) is 13.1 Å². The summed E-state index contributed by atoms with van der Waals surface area (Å²) < 4.78 is 4.77. The molecule has 96 valence electrons. The van der Waals surface area contributed by atoms with Crippen molar-refractivity contribution in [2.24, 2.45) is 11.8 Å². The molecule has 0 spiro atoms. The molecule has 1 unspecified atom stereocenters. The summed E-state index contributed by atoms with van der Waals surface area (Å²) in [5.74, 6) is -0.106. The molecular weight excluding hydrogens is 238 g/mol. The average molecular weight is 251 g/mol. The summed E-state index contributed by atoms with van der Waals surface area (Å²) in [5, 5.41) is 15.0. The number of carboxylic acids is 1. The first kappa shape index (κ1) is 11.2. The molecule has 7 heteroatoms. The maximum absolute atomic E-state index is 11.7. The van der Waals surface area contributed by atoms with E-state index in [1.807, 2.05) is 4.90 Å². The summed E-state index contributed by atoms with van der Waals surface area (Å²) in [7, 11) is 0.